The molecule has 1 aromatic rings. The van der Waals surface area contributed by atoms with Gasteiger partial charge in [0.25, 0.3) is 0 Å². The van der Waals surface area contributed by atoms with E-state index in [1.807, 2.05) is 6.07 Å². The van der Waals surface area contributed by atoms with Gasteiger partial charge in [-0.3, -0.25) is 0 Å². The summed E-state index contributed by atoms with van der Waals surface area (Å²) >= 11 is 3.47. The highest BCUT2D eigenvalue weighted by Gasteiger charge is 2.17. The first kappa shape index (κ1) is 9.65. The molecule has 1 heterocycles. The van der Waals surface area contributed by atoms with Gasteiger partial charge in [-0.1, -0.05) is 29.8 Å². The van der Waals surface area contributed by atoms with Crippen molar-refractivity contribution in [3.8, 4) is 0 Å². The van der Waals surface area contributed by atoms with Gasteiger partial charge in [-0.25, -0.2) is 9.97 Å². The Bertz CT molecular complexity index is 234. The number of alkyl halides is 1. The molecule has 0 saturated heterocycles. The number of hydrogen-bond donors (Lipinski definition) is 0. The maximum absolute atomic E-state index is 4.18. The maximum Gasteiger partial charge on any atom is 0.128 e. The molecule has 1 aromatic heterocycles. The summed E-state index contributed by atoms with van der Waals surface area (Å²) < 4.78 is 0. The van der Waals surface area contributed by atoms with Crippen LogP contribution in [0.2, 0.25) is 0 Å². The molecule has 0 N–H and O–H groups in total. The third kappa shape index (κ3) is 2.89. The van der Waals surface area contributed by atoms with Crippen LogP contribution in [0.5, 0.6) is 0 Å². The fourth-order valence-corrected chi connectivity index (χ4v) is 1.09. The Labute approximate surface area is 81.6 Å². The largest absolute Gasteiger partial charge is 0.241 e. The molecule has 0 radical (unpaired) electrons. The van der Waals surface area contributed by atoms with Gasteiger partial charge in [0.1, 0.15) is 5.82 Å². The molecule has 3 heteroatoms. The molecule has 0 aliphatic rings. The van der Waals surface area contributed by atoms with Crippen molar-refractivity contribution in [2.45, 2.75) is 20.3 Å². The van der Waals surface area contributed by atoms with Crippen LogP contribution in [-0.4, -0.2) is 15.3 Å². The zero-order valence-electron chi connectivity index (χ0n) is 7.42. The van der Waals surface area contributed by atoms with Gasteiger partial charge in [0.2, 0.25) is 0 Å². The zero-order valence-corrected chi connectivity index (χ0v) is 9.00. The maximum atomic E-state index is 4.18. The van der Waals surface area contributed by atoms with E-state index >= 15 is 0 Å². The molecule has 66 valence electrons. The first-order chi connectivity index (χ1) is 5.64. The minimum Gasteiger partial charge on any atom is -0.241 e. The molecule has 0 spiro atoms. The Morgan fingerprint density at radius 1 is 1.33 bits per heavy atom. The van der Waals surface area contributed by atoms with E-state index in [9.17, 15) is 0 Å². The van der Waals surface area contributed by atoms with Crippen LogP contribution in [0.4, 0.5) is 0 Å². The number of nitrogens with zero attached hydrogens (tertiary/aromatic N) is 2. The van der Waals surface area contributed by atoms with Crippen LogP contribution in [0.25, 0.3) is 0 Å². The minimum absolute atomic E-state index is 0.237. The SMILES string of the molecule is CC(C)(CBr)Cc1ncccn1. The predicted octanol–water partition coefficient (Wildman–Crippen LogP) is 2.44. The monoisotopic (exact) mass is 228 g/mol. The van der Waals surface area contributed by atoms with Crippen LogP contribution < -0.4 is 0 Å². The van der Waals surface area contributed by atoms with Gasteiger partial charge < -0.3 is 0 Å². The summed E-state index contributed by atoms with van der Waals surface area (Å²) in [7, 11) is 0. The highest BCUT2D eigenvalue weighted by atomic mass is 79.9. The molecule has 0 unspecified atom stereocenters. The first-order valence-electron chi connectivity index (χ1n) is 3.96. The van der Waals surface area contributed by atoms with E-state index in [1.165, 1.54) is 0 Å². The predicted molar refractivity (Wildman–Crippen MR) is 53.3 cm³/mol. The van der Waals surface area contributed by atoms with Crippen LogP contribution >= 0.6 is 15.9 Å². The van der Waals surface area contributed by atoms with Gasteiger partial charge in [-0.2, -0.15) is 0 Å². The summed E-state index contributed by atoms with van der Waals surface area (Å²) in [6, 6.07) is 1.84. The van der Waals surface area contributed by atoms with Crippen LogP contribution in [0.15, 0.2) is 18.5 Å². The fourth-order valence-electron chi connectivity index (χ4n) is 0.897. The standard InChI is InChI=1S/C9H13BrN2/c1-9(2,7-10)6-8-11-4-3-5-12-8/h3-5H,6-7H2,1-2H3. The molecular weight excluding hydrogens is 216 g/mol. The van der Waals surface area contributed by atoms with Crippen LogP contribution in [-0.2, 0) is 6.42 Å². The molecule has 0 fully saturated rings. The molecule has 0 saturated carbocycles. The minimum atomic E-state index is 0.237. The lowest BCUT2D eigenvalue weighted by molar-refractivity contribution is 0.413. The van der Waals surface area contributed by atoms with Gasteiger partial charge >= 0.3 is 0 Å². The molecule has 0 bridgehead atoms. The summed E-state index contributed by atoms with van der Waals surface area (Å²) in [6.45, 7) is 4.39. The molecule has 12 heavy (non-hydrogen) atoms. The molecular formula is C9H13BrN2. The van der Waals surface area contributed by atoms with Crippen LogP contribution in [0, 0.1) is 5.41 Å². The van der Waals surface area contributed by atoms with E-state index in [0.29, 0.717) is 0 Å². The van der Waals surface area contributed by atoms with Crippen molar-refractivity contribution < 1.29 is 0 Å². The molecule has 0 aliphatic carbocycles. The highest BCUT2D eigenvalue weighted by molar-refractivity contribution is 9.09. The van der Waals surface area contributed by atoms with Crippen molar-refractivity contribution in [2.24, 2.45) is 5.41 Å². The van der Waals surface area contributed by atoms with Crippen molar-refractivity contribution in [1.82, 2.24) is 9.97 Å². The molecule has 2 nitrogen and oxygen atoms in total. The second-order valence-corrected chi connectivity index (χ2v) is 4.20. The Morgan fingerprint density at radius 3 is 2.42 bits per heavy atom. The second-order valence-electron chi connectivity index (χ2n) is 3.64. The lowest BCUT2D eigenvalue weighted by Crippen LogP contribution is -2.18. The van der Waals surface area contributed by atoms with E-state index in [2.05, 4.69) is 39.7 Å². The average Bonchev–Trinajstić information content (AvgIpc) is 2.06. The average molecular weight is 229 g/mol. The fraction of sp³-hybridized carbons (Fsp3) is 0.556. The molecule has 0 aliphatic heterocycles. The zero-order chi connectivity index (χ0) is 9.03. The second kappa shape index (κ2) is 3.99. The smallest absolute Gasteiger partial charge is 0.128 e. The Hall–Kier alpha value is -0.440. The highest BCUT2D eigenvalue weighted by Crippen LogP contribution is 2.21. The summed E-state index contributed by atoms with van der Waals surface area (Å²) in [4.78, 5) is 8.36. The molecule has 0 atom stereocenters. The van der Waals surface area contributed by atoms with Crippen molar-refractivity contribution in [3.05, 3.63) is 24.3 Å². The summed E-state index contributed by atoms with van der Waals surface area (Å²) in [5, 5.41) is 0.970. The van der Waals surface area contributed by atoms with Gasteiger partial charge in [0.05, 0.1) is 0 Å². The quantitative estimate of drug-likeness (QED) is 0.744. The van der Waals surface area contributed by atoms with E-state index < -0.39 is 0 Å². The normalized spacial score (nSPS) is 11.6. The lowest BCUT2D eigenvalue weighted by Gasteiger charge is -2.19. The van der Waals surface area contributed by atoms with E-state index in [1.54, 1.807) is 12.4 Å². The Kier molecular flexibility index (Phi) is 3.20. The molecule has 0 aromatic carbocycles. The summed E-state index contributed by atoms with van der Waals surface area (Å²) in [6.07, 6.45) is 4.48. The number of aromatic nitrogens is 2. The van der Waals surface area contributed by atoms with E-state index in [0.717, 1.165) is 17.6 Å². The van der Waals surface area contributed by atoms with Crippen LogP contribution in [0.1, 0.15) is 19.7 Å². The summed E-state index contributed by atoms with van der Waals surface area (Å²) in [5.41, 5.74) is 0.237. The number of hydrogen-bond acceptors (Lipinski definition) is 2. The van der Waals surface area contributed by atoms with Gasteiger partial charge in [-0.05, 0) is 11.5 Å². The van der Waals surface area contributed by atoms with Gasteiger partial charge in [-0.15, -0.1) is 0 Å². The van der Waals surface area contributed by atoms with Gasteiger partial charge in [0, 0.05) is 24.1 Å². The number of rotatable bonds is 3. The van der Waals surface area contributed by atoms with Crippen molar-refractivity contribution in [1.29, 1.82) is 0 Å². The number of halogens is 1. The van der Waals surface area contributed by atoms with Gasteiger partial charge in [0.15, 0.2) is 0 Å². The lowest BCUT2D eigenvalue weighted by atomic mass is 9.92. The first-order valence-corrected chi connectivity index (χ1v) is 5.08. The van der Waals surface area contributed by atoms with Crippen molar-refractivity contribution in [3.63, 3.8) is 0 Å². The van der Waals surface area contributed by atoms with E-state index in [-0.39, 0.29) is 5.41 Å². The molecule has 0 amide bonds. The molecule has 1 rings (SSSR count). The summed E-state index contributed by atoms with van der Waals surface area (Å²) in [5.74, 6) is 0.918. The topological polar surface area (TPSA) is 25.8 Å². The third-order valence-corrected chi connectivity index (χ3v) is 3.14. The van der Waals surface area contributed by atoms with E-state index in [4.69, 9.17) is 0 Å². The van der Waals surface area contributed by atoms with Crippen LogP contribution in [0.3, 0.4) is 0 Å². The van der Waals surface area contributed by atoms with Crippen molar-refractivity contribution in [2.75, 3.05) is 5.33 Å². The Morgan fingerprint density at radius 2 is 1.92 bits per heavy atom. The Balaban J connectivity index is 2.64. The van der Waals surface area contributed by atoms with Crippen molar-refractivity contribution >= 4 is 15.9 Å². The third-order valence-electron chi connectivity index (χ3n) is 1.62.